The first-order valence-electron chi connectivity index (χ1n) is 14.0. The maximum absolute atomic E-state index is 13.8. The summed E-state index contributed by atoms with van der Waals surface area (Å²) in [6.45, 7) is 0. The quantitative estimate of drug-likeness (QED) is 0.0731. The molecule has 0 amide bonds. The molecular weight excluding hydrogens is 740 g/mol. The van der Waals surface area contributed by atoms with Crippen LogP contribution in [0.1, 0.15) is 0 Å². The Hall–Kier alpha value is -3.41. The van der Waals surface area contributed by atoms with Crippen molar-refractivity contribution in [2.24, 2.45) is 0 Å². The van der Waals surface area contributed by atoms with E-state index >= 15 is 0 Å². The second kappa shape index (κ2) is 12.8. The van der Waals surface area contributed by atoms with Crippen LogP contribution in [0, 0.1) is 0 Å². The van der Waals surface area contributed by atoms with Gasteiger partial charge in [0.25, 0.3) is 0 Å². The molecule has 0 N–H and O–H groups in total. The molecule has 10 heteroatoms. The number of nitrogens with zero attached hydrogens (tertiary/aromatic N) is 3. The van der Waals surface area contributed by atoms with Crippen LogP contribution in [-0.2, 0) is 10.0 Å². The number of alkyl halides is 1. The fraction of sp³-hybridized carbons (Fsp3) is 0.114. The van der Waals surface area contributed by atoms with Gasteiger partial charge in [0, 0.05) is 0 Å². The third kappa shape index (κ3) is 5.86. The zero-order valence-corrected chi connectivity index (χ0v) is 29.5. The van der Waals surface area contributed by atoms with Crippen LogP contribution in [0.2, 0.25) is 10.0 Å². The van der Waals surface area contributed by atoms with Crippen molar-refractivity contribution in [3.8, 4) is 22.5 Å². The molecule has 0 spiro atoms. The van der Waals surface area contributed by atoms with Crippen LogP contribution in [-0.4, -0.2) is 37.0 Å². The Labute approximate surface area is 283 Å². The Kier molecular flexibility index (Phi) is 8.96. The SMILES string of the molecule is C[I-]N(C)S(=O)(=O)c1ccccc1-c1c2ccc(=[N+](C)c3ccccc3Cl)cc-2oc2cc(N(C)c3ccccc3Cl)ccc12. The zero-order chi connectivity index (χ0) is 31.9. The van der Waals surface area contributed by atoms with Crippen molar-refractivity contribution in [3.05, 3.63) is 125 Å². The number of hydrogen-bond donors (Lipinski definition) is 0. The molecule has 0 bridgehead atoms. The van der Waals surface area contributed by atoms with E-state index in [9.17, 15) is 8.42 Å². The van der Waals surface area contributed by atoms with Gasteiger partial charge >= 0.3 is 226 Å². The first-order valence-corrected chi connectivity index (χ1v) is 19.3. The van der Waals surface area contributed by atoms with E-state index in [1.54, 1.807) is 19.2 Å². The number of rotatable bonds is 7. The van der Waals surface area contributed by atoms with Gasteiger partial charge < -0.3 is 0 Å². The zero-order valence-electron chi connectivity index (χ0n) is 25.0. The monoisotopic (exact) mass is 769 g/mol. The van der Waals surface area contributed by atoms with E-state index in [4.69, 9.17) is 27.6 Å². The third-order valence-corrected chi connectivity index (χ3v) is 13.9. The summed E-state index contributed by atoms with van der Waals surface area (Å²) >= 11 is 12.4. The molecule has 0 unspecified atom stereocenters. The fourth-order valence-electron chi connectivity index (χ4n) is 5.43. The molecule has 2 aliphatic rings. The molecule has 0 saturated heterocycles. The molecule has 0 saturated carbocycles. The Morgan fingerprint density at radius 2 is 1.47 bits per heavy atom. The standard InChI is InChI=1S/C35H30Cl2IN3O3S/c1-38-41(4)45(42,43)34-16-10-5-11-27(34)35-25-19-17-23(39(2)30-14-8-6-12-28(30)36)21-32(25)44-33-22-24(18-20-26(33)35)40(3)31-15-9-7-13-29(31)37/h5-22H,1-4H3. The van der Waals surface area contributed by atoms with E-state index < -0.39 is 31.5 Å². The maximum atomic E-state index is 13.8. The van der Waals surface area contributed by atoms with Crippen LogP contribution in [0.15, 0.2) is 119 Å². The summed E-state index contributed by atoms with van der Waals surface area (Å²) in [7, 11) is 1.82. The average Bonchev–Trinajstić information content (AvgIpc) is 3.06. The van der Waals surface area contributed by atoms with Gasteiger partial charge in [-0.05, 0) is 12.1 Å². The molecule has 6 nitrogen and oxygen atoms in total. The van der Waals surface area contributed by atoms with Gasteiger partial charge in [0.15, 0.2) is 0 Å². The summed E-state index contributed by atoms with van der Waals surface area (Å²) in [5.41, 5.74) is 5.37. The van der Waals surface area contributed by atoms with Gasteiger partial charge in [-0.25, -0.2) is 0 Å². The van der Waals surface area contributed by atoms with E-state index in [1.807, 2.05) is 126 Å². The molecular formula is C35H30Cl2IN3O3S. The Balaban J connectivity index is 1.67. The van der Waals surface area contributed by atoms with E-state index in [0.717, 1.165) is 38.9 Å². The number of para-hydroxylation sites is 2. The fourth-order valence-corrected chi connectivity index (χ4v) is 9.29. The van der Waals surface area contributed by atoms with Gasteiger partial charge in [-0.1, -0.05) is 47.5 Å². The van der Waals surface area contributed by atoms with Gasteiger partial charge in [0.1, 0.15) is 0 Å². The topological polar surface area (TPSA) is 56.8 Å². The van der Waals surface area contributed by atoms with Crippen LogP contribution in [0.5, 0.6) is 0 Å². The van der Waals surface area contributed by atoms with Crippen molar-refractivity contribution < 1.29 is 34.3 Å². The van der Waals surface area contributed by atoms with Crippen molar-refractivity contribution in [1.82, 2.24) is 7.09 Å². The number of fused-ring (bicyclic) bond motifs is 2. The minimum absolute atomic E-state index is 0.261. The number of anilines is 2. The molecule has 230 valence electrons. The van der Waals surface area contributed by atoms with Gasteiger partial charge in [-0.3, -0.25) is 0 Å². The number of sulfonamides is 1. The van der Waals surface area contributed by atoms with Crippen LogP contribution in [0.3, 0.4) is 0 Å². The van der Waals surface area contributed by atoms with E-state index in [1.165, 1.54) is 2.52 Å². The van der Waals surface area contributed by atoms with Crippen molar-refractivity contribution in [1.29, 1.82) is 0 Å². The molecule has 45 heavy (non-hydrogen) atoms. The van der Waals surface area contributed by atoms with E-state index in [0.29, 0.717) is 27.0 Å². The number of halogens is 3. The molecule has 6 rings (SSSR count). The van der Waals surface area contributed by atoms with Gasteiger partial charge in [0.2, 0.25) is 0 Å². The van der Waals surface area contributed by atoms with E-state index in [-0.39, 0.29) is 4.90 Å². The number of benzene rings is 5. The molecule has 0 fully saturated rings. The summed E-state index contributed by atoms with van der Waals surface area (Å²) in [6.07, 6.45) is 0. The van der Waals surface area contributed by atoms with Crippen molar-refractivity contribution in [2.45, 2.75) is 4.90 Å². The Bertz CT molecular complexity index is 2220. The summed E-state index contributed by atoms with van der Waals surface area (Å²) in [6, 6.07) is 34.4. The second-order valence-corrected chi connectivity index (χ2v) is 16.2. The molecule has 4 aromatic carbocycles. The molecule has 0 radical (unpaired) electrons. The molecule has 0 atom stereocenters. The van der Waals surface area contributed by atoms with Crippen LogP contribution in [0.25, 0.3) is 33.4 Å². The normalized spacial score (nSPS) is 12.7. The predicted octanol–water partition coefficient (Wildman–Crippen LogP) is 5.27. The average molecular weight is 771 g/mol. The third-order valence-electron chi connectivity index (χ3n) is 7.89. The Morgan fingerprint density at radius 3 is 2.20 bits per heavy atom. The van der Waals surface area contributed by atoms with Crippen molar-refractivity contribution in [3.63, 3.8) is 0 Å². The molecule has 0 aromatic heterocycles. The minimum atomic E-state index is -3.72. The summed E-state index contributed by atoms with van der Waals surface area (Å²) in [5, 5.41) is 2.92. The molecule has 4 aromatic rings. The molecule has 1 aliphatic carbocycles. The summed E-state index contributed by atoms with van der Waals surface area (Å²) < 4.78 is 37.7. The van der Waals surface area contributed by atoms with Gasteiger partial charge in [0.05, 0.1) is 0 Å². The van der Waals surface area contributed by atoms with Crippen molar-refractivity contribution in [2.75, 3.05) is 31.0 Å². The van der Waals surface area contributed by atoms with Crippen LogP contribution >= 0.6 is 23.2 Å². The van der Waals surface area contributed by atoms with Crippen LogP contribution in [0.4, 0.5) is 17.1 Å². The number of hydrogen-bond acceptors (Lipinski definition) is 4. The first-order chi connectivity index (χ1) is 21.6. The predicted molar refractivity (Wildman–Crippen MR) is 181 cm³/mol. The molecule has 1 aliphatic heterocycles. The van der Waals surface area contributed by atoms with Crippen LogP contribution < -0.4 is 36.3 Å². The van der Waals surface area contributed by atoms with Gasteiger partial charge in [-0.2, -0.15) is 0 Å². The second-order valence-electron chi connectivity index (χ2n) is 10.4. The Morgan fingerprint density at radius 1 is 0.778 bits per heavy atom. The van der Waals surface area contributed by atoms with E-state index in [2.05, 4.69) is 0 Å². The van der Waals surface area contributed by atoms with Gasteiger partial charge in [-0.15, -0.1) is 0 Å². The summed E-state index contributed by atoms with van der Waals surface area (Å²) in [4.78, 5) is 4.19. The first kappa shape index (κ1) is 31.6. The summed E-state index contributed by atoms with van der Waals surface area (Å²) in [5.74, 6) is 0.606. The molecule has 1 heterocycles. The van der Waals surface area contributed by atoms with Crippen molar-refractivity contribution >= 4 is 61.3 Å².